The highest BCUT2D eigenvalue weighted by molar-refractivity contribution is 7.91. The smallest absolute Gasteiger partial charge is 0.305 e. The Labute approximate surface area is 122 Å². The second-order valence-corrected chi connectivity index (χ2v) is 7.55. The van der Waals surface area contributed by atoms with Gasteiger partial charge in [-0.1, -0.05) is 0 Å². The number of halogens is 1. The van der Waals surface area contributed by atoms with E-state index in [-0.39, 0.29) is 11.9 Å². The molecule has 8 heteroatoms. The van der Waals surface area contributed by atoms with Crippen molar-refractivity contribution in [1.82, 2.24) is 0 Å². The highest BCUT2D eigenvalue weighted by atomic mass is 32.2. The van der Waals surface area contributed by atoms with Gasteiger partial charge in [0.05, 0.1) is 16.3 Å². The summed E-state index contributed by atoms with van der Waals surface area (Å²) in [6.07, 6.45) is 3.25. The SMILES string of the molecule is CS(=O)(=O)C1CCCC(Oc2ccc([N+](=O)[O-])c(F)c2)C1. The summed E-state index contributed by atoms with van der Waals surface area (Å²) >= 11 is 0. The third-order valence-electron chi connectivity index (χ3n) is 3.60. The van der Waals surface area contributed by atoms with E-state index in [1.807, 2.05) is 0 Å². The van der Waals surface area contributed by atoms with Crippen molar-refractivity contribution in [3.05, 3.63) is 34.1 Å². The minimum absolute atomic E-state index is 0.178. The van der Waals surface area contributed by atoms with Crippen molar-refractivity contribution < 1.29 is 22.5 Å². The lowest BCUT2D eigenvalue weighted by atomic mass is 9.97. The molecule has 0 spiro atoms. The third kappa shape index (κ3) is 3.90. The molecule has 1 aliphatic rings. The predicted molar refractivity (Wildman–Crippen MR) is 74.6 cm³/mol. The summed E-state index contributed by atoms with van der Waals surface area (Å²) in [7, 11) is -3.12. The molecule has 1 saturated carbocycles. The Bertz CT molecular complexity index is 646. The van der Waals surface area contributed by atoms with Crippen LogP contribution in [0.4, 0.5) is 10.1 Å². The van der Waals surface area contributed by atoms with Crippen LogP contribution in [-0.2, 0) is 9.84 Å². The molecule has 6 nitrogen and oxygen atoms in total. The minimum atomic E-state index is -3.12. The number of nitro groups is 1. The van der Waals surface area contributed by atoms with Gasteiger partial charge in [0.25, 0.3) is 0 Å². The zero-order valence-corrected chi connectivity index (χ0v) is 12.3. The van der Waals surface area contributed by atoms with Gasteiger partial charge in [0.1, 0.15) is 15.6 Å². The quantitative estimate of drug-likeness (QED) is 0.629. The first kappa shape index (κ1) is 15.7. The molecule has 1 aliphatic carbocycles. The van der Waals surface area contributed by atoms with Crippen LogP contribution < -0.4 is 4.74 Å². The van der Waals surface area contributed by atoms with Crippen LogP contribution in [0.1, 0.15) is 25.7 Å². The van der Waals surface area contributed by atoms with Crippen molar-refractivity contribution in [2.45, 2.75) is 37.0 Å². The number of nitrogens with zero attached hydrogens (tertiary/aromatic N) is 1. The fourth-order valence-electron chi connectivity index (χ4n) is 2.50. The van der Waals surface area contributed by atoms with Gasteiger partial charge in [0.2, 0.25) is 5.82 Å². The number of nitro benzene ring substituents is 1. The summed E-state index contributed by atoms with van der Waals surface area (Å²) in [6, 6.07) is 3.33. The molecule has 1 aromatic rings. The van der Waals surface area contributed by atoms with Crippen molar-refractivity contribution in [3.63, 3.8) is 0 Å². The van der Waals surface area contributed by atoms with Crippen LogP contribution in [0.2, 0.25) is 0 Å². The Morgan fingerprint density at radius 3 is 2.67 bits per heavy atom. The van der Waals surface area contributed by atoms with Gasteiger partial charge in [-0.3, -0.25) is 10.1 Å². The van der Waals surface area contributed by atoms with E-state index in [1.54, 1.807) is 0 Å². The molecule has 1 fully saturated rings. The first-order chi connectivity index (χ1) is 9.77. The molecule has 0 radical (unpaired) electrons. The van der Waals surface area contributed by atoms with Gasteiger partial charge < -0.3 is 4.74 Å². The summed E-state index contributed by atoms with van der Waals surface area (Å²) in [5.74, 6) is -0.787. The second kappa shape index (κ2) is 5.97. The summed E-state index contributed by atoms with van der Waals surface area (Å²) in [5.41, 5.74) is -0.611. The molecule has 0 aliphatic heterocycles. The van der Waals surface area contributed by atoms with Crippen molar-refractivity contribution >= 4 is 15.5 Å². The van der Waals surface area contributed by atoms with Gasteiger partial charge in [0.15, 0.2) is 0 Å². The molecule has 2 rings (SSSR count). The molecule has 116 valence electrons. The maximum Gasteiger partial charge on any atom is 0.305 e. The maximum absolute atomic E-state index is 13.5. The lowest BCUT2D eigenvalue weighted by Gasteiger charge is -2.28. The Balaban J connectivity index is 2.08. The molecule has 0 N–H and O–H groups in total. The van der Waals surface area contributed by atoms with Crippen molar-refractivity contribution in [1.29, 1.82) is 0 Å². The van der Waals surface area contributed by atoms with E-state index < -0.39 is 31.5 Å². The standard InChI is InChI=1S/C13H16FNO5S/c1-21(18,19)11-4-2-3-9(7-11)20-10-5-6-13(15(16)17)12(14)8-10/h5-6,8-9,11H,2-4,7H2,1H3. The summed E-state index contributed by atoms with van der Waals surface area (Å²) < 4.78 is 42.2. The van der Waals surface area contributed by atoms with Crippen LogP contribution in [0, 0.1) is 15.9 Å². The van der Waals surface area contributed by atoms with Crippen LogP contribution in [0.15, 0.2) is 18.2 Å². The van der Waals surface area contributed by atoms with Crippen LogP contribution in [-0.4, -0.2) is 31.0 Å². The van der Waals surface area contributed by atoms with E-state index in [0.29, 0.717) is 19.3 Å². The largest absolute Gasteiger partial charge is 0.490 e. The van der Waals surface area contributed by atoms with Gasteiger partial charge in [-0.2, -0.15) is 4.39 Å². The van der Waals surface area contributed by atoms with Crippen LogP contribution >= 0.6 is 0 Å². The van der Waals surface area contributed by atoms with Crippen molar-refractivity contribution in [2.75, 3.05) is 6.26 Å². The Hall–Kier alpha value is -1.70. The van der Waals surface area contributed by atoms with E-state index in [4.69, 9.17) is 4.74 Å². The number of sulfone groups is 1. The van der Waals surface area contributed by atoms with E-state index in [0.717, 1.165) is 18.6 Å². The fourth-order valence-corrected chi connectivity index (χ4v) is 3.66. The molecule has 0 heterocycles. The predicted octanol–water partition coefficient (Wildman–Crippen LogP) is 2.47. The molecule has 0 bridgehead atoms. The van der Waals surface area contributed by atoms with Crippen LogP contribution in [0.5, 0.6) is 5.75 Å². The number of hydrogen-bond donors (Lipinski definition) is 0. The topological polar surface area (TPSA) is 86.5 Å². The van der Waals surface area contributed by atoms with Crippen molar-refractivity contribution in [2.24, 2.45) is 0 Å². The van der Waals surface area contributed by atoms with E-state index >= 15 is 0 Å². The number of benzene rings is 1. The average molecular weight is 317 g/mol. The Kier molecular flexibility index (Phi) is 4.46. The molecule has 0 aromatic heterocycles. The first-order valence-electron chi connectivity index (χ1n) is 6.57. The van der Waals surface area contributed by atoms with Gasteiger partial charge in [-0.25, -0.2) is 8.42 Å². The molecule has 2 unspecified atom stereocenters. The monoisotopic (exact) mass is 317 g/mol. The zero-order chi connectivity index (χ0) is 15.6. The molecular weight excluding hydrogens is 301 g/mol. The van der Waals surface area contributed by atoms with Gasteiger partial charge in [-0.05, 0) is 25.3 Å². The molecule has 1 aromatic carbocycles. The molecule has 2 atom stereocenters. The van der Waals surface area contributed by atoms with Crippen LogP contribution in [0.25, 0.3) is 0 Å². The number of hydrogen-bond acceptors (Lipinski definition) is 5. The van der Waals surface area contributed by atoms with E-state index in [2.05, 4.69) is 0 Å². The van der Waals surface area contributed by atoms with Gasteiger partial charge >= 0.3 is 5.69 Å². The fraction of sp³-hybridized carbons (Fsp3) is 0.538. The summed E-state index contributed by atoms with van der Waals surface area (Å²) in [4.78, 5) is 9.73. The second-order valence-electron chi connectivity index (χ2n) is 5.23. The van der Waals surface area contributed by atoms with E-state index in [1.165, 1.54) is 12.3 Å². The van der Waals surface area contributed by atoms with E-state index in [9.17, 15) is 22.9 Å². The Morgan fingerprint density at radius 2 is 2.10 bits per heavy atom. The molecule has 21 heavy (non-hydrogen) atoms. The lowest BCUT2D eigenvalue weighted by molar-refractivity contribution is -0.387. The first-order valence-corrected chi connectivity index (χ1v) is 8.52. The zero-order valence-electron chi connectivity index (χ0n) is 11.5. The van der Waals surface area contributed by atoms with Crippen LogP contribution in [0.3, 0.4) is 0 Å². The molecule has 0 amide bonds. The normalized spacial score (nSPS) is 22.8. The average Bonchev–Trinajstić information content (AvgIpc) is 2.37. The maximum atomic E-state index is 13.5. The molecular formula is C13H16FNO5S. The van der Waals surface area contributed by atoms with Gasteiger partial charge in [-0.15, -0.1) is 0 Å². The lowest BCUT2D eigenvalue weighted by Crippen LogP contribution is -2.33. The molecule has 0 saturated heterocycles. The number of rotatable bonds is 4. The summed E-state index contributed by atoms with van der Waals surface area (Å²) in [6.45, 7) is 0. The Morgan fingerprint density at radius 1 is 1.38 bits per heavy atom. The minimum Gasteiger partial charge on any atom is -0.490 e. The highest BCUT2D eigenvalue weighted by Crippen LogP contribution is 2.29. The van der Waals surface area contributed by atoms with Crippen molar-refractivity contribution in [3.8, 4) is 5.75 Å². The third-order valence-corrected chi connectivity index (χ3v) is 5.24. The highest BCUT2D eigenvalue weighted by Gasteiger charge is 2.30. The van der Waals surface area contributed by atoms with Gasteiger partial charge in [0, 0.05) is 24.8 Å². The number of ether oxygens (including phenoxy) is 1. The summed E-state index contributed by atoms with van der Waals surface area (Å²) in [5, 5.41) is 10.1.